The number of nitrogens with zero attached hydrogens (tertiary/aromatic N) is 2. The van der Waals surface area contributed by atoms with Gasteiger partial charge in [0.25, 0.3) is 16.0 Å². The van der Waals surface area contributed by atoms with E-state index in [9.17, 15) is 18.0 Å². The molecule has 0 aliphatic carbocycles. The number of benzene rings is 3. The summed E-state index contributed by atoms with van der Waals surface area (Å²) in [5.74, 6) is 0.480. The van der Waals surface area contributed by atoms with Crippen molar-refractivity contribution in [2.24, 2.45) is 0 Å². The third-order valence-electron chi connectivity index (χ3n) is 6.37. The SMILES string of the molecule is Cc1ccc(S(=O)(=O)OCCOCCOc2ccc3c(c2)CN(c2ccc(N(C)C(=O)OC(C)(C)C)cc2)C3=O)cc1. The molecule has 0 saturated carbocycles. The molecule has 0 radical (unpaired) electrons. The van der Waals surface area contributed by atoms with E-state index < -0.39 is 21.8 Å². The molecule has 1 heterocycles. The predicted octanol–water partition coefficient (Wildman–Crippen LogP) is 5.33. The number of ether oxygens (including phenoxy) is 3. The summed E-state index contributed by atoms with van der Waals surface area (Å²) in [6, 6.07) is 18.9. The highest BCUT2D eigenvalue weighted by Gasteiger charge is 2.29. The Kier molecular flexibility index (Phi) is 9.55. The van der Waals surface area contributed by atoms with Gasteiger partial charge in [-0.05, 0) is 87.9 Å². The zero-order valence-electron chi connectivity index (χ0n) is 24.5. The van der Waals surface area contributed by atoms with Crippen LogP contribution in [0.3, 0.4) is 0 Å². The summed E-state index contributed by atoms with van der Waals surface area (Å²) in [7, 11) is -2.19. The topological polar surface area (TPSA) is 112 Å². The van der Waals surface area contributed by atoms with E-state index in [1.807, 2.05) is 33.8 Å². The second-order valence-electron chi connectivity index (χ2n) is 10.8. The fourth-order valence-electron chi connectivity index (χ4n) is 4.18. The zero-order chi connectivity index (χ0) is 30.5. The second kappa shape index (κ2) is 12.9. The average molecular weight is 597 g/mol. The number of carbonyl (C=O) groups excluding carboxylic acids is 2. The van der Waals surface area contributed by atoms with Gasteiger partial charge in [-0.15, -0.1) is 0 Å². The molecule has 42 heavy (non-hydrogen) atoms. The van der Waals surface area contributed by atoms with E-state index in [0.717, 1.165) is 11.1 Å². The maximum absolute atomic E-state index is 13.1. The van der Waals surface area contributed by atoms with E-state index in [1.54, 1.807) is 60.5 Å². The molecule has 4 rings (SSSR count). The van der Waals surface area contributed by atoms with Crippen LogP contribution in [-0.4, -0.2) is 59.5 Å². The first-order chi connectivity index (χ1) is 19.8. The Balaban J connectivity index is 1.23. The summed E-state index contributed by atoms with van der Waals surface area (Å²) in [6.45, 7) is 8.16. The van der Waals surface area contributed by atoms with Crippen molar-refractivity contribution in [2.45, 2.75) is 44.7 Å². The molecule has 0 spiro atoms. The Morgan fingerprint density at radius 3 is 2.26 bits per heavy atom. The molecule has 0 N–H and O–H groups in total. The monoisotopic (exact) mass is 596 g/mol. The van der Waals surface area contributed by atoms with E-state index in [2.05, 4.69) is 0 Å². The molecule has 0 saturated heterocycles. The van der Waals surface area contributed by atoms with Gasteiger partial charge in [0, 0.05) is 24.0 Å². The predicted molar refractivity (Wildman–Crippen MR) is 159 cm³/mol. The Labute approximate surface area is 246 Å². The molecule has 0 aromatic heterocycles. The van der Waals surface area contributed by atoms with E-state index in [4.69, 9.17) is 18.4 Å². The molecule has 0 atom stereocenters. The van der Waals surface area contributed by atoms with Gasteiger partial charge in [0.2, 0.25) is 0 Å². The van der Waals surface area contributed by atoms with E-state index in [-0.39, 0.29) is 37.2 Å². The second-order valence-corrected chi connectivity index (χ2v) is 12.4. The minimum atomic E-state index is -3.83. The number of fused-ring (bicyclic) bond motifs is 1. The maximum Gasteiger partial charge on any atom is 0.414 e. The fraction of sp³-hybridized carbons (Fsp3) is 0.355. The summed E-state index contributed by atoms with van der Waals surface area (Å²) in [4.78, 5) is 28.6. The molecule has 2 amide bonds. The van der Waals surface area contributed by atoms with Gasteiger partial charge in [-0.2, -0.15) is 8.42 Å². The van der Waals surface area contributed by atoms with Crippen LogP contribution in [0.5, 0.6) is 5.75 Å². The first-order valence-electron chi connectivity index (χ1n) is 13.5. The number of aryl methyl sites for hydroxylation is 1. The smallest absolute Gasteiger partial charge is 0.414 e. The van der Waals surface area contributed by atoms with Gasteiger partial charge in [0.05, 0.1) is 31.3 Å². The Morgan fingerprint density at radius 1 is 0.929 bits per heavy atom. The van der Waals surface area contributed by atoms with Gasteiger partial charge >= 0.3 is 6.09 Å². The molecule has 10 nitrogen and oxygen atoms in total. The minimum absolute atomic E-state index is 0.0917. The van der Waals surface area contributed by atoms with Gasteiger partial charge < -0.3 is 19.1 Å². The number of anilines is 2. The number of hydrogen-bond donors (Lipinski definition) is 0. The van der Waals surface area contributed by atoms with Crippen LogP contribution in [0.2, 0.25) is 0 Å². The highest BCUT2D eigenvalue weighted by atomic mass is 32.2. The van der Waals surface area contributed by atoms with Crippen molar-refractivity contribution in [1.29, 1.82) is 0 Å². The Hall–Kier alpha value is -3.93. The molecule has 3 aromatic carbocycles. The number of rotatable bonds is 11. The highest BCUT2D eigenvalue weighted by molar-refractivity contribution is 7.86. The molecule has 0 bridgehead atoms. The summed E-state index contributed by atoms with van der Waals surface area (Å²) in [5.41, 5.74) is 3.15. The molecule has 1 aliphatic rings. The van der Waals surface area contributed by atoms with Crippen molar-refractivity contribution in [1.82, 2.24) is 0 Å². The van der Waals surface area contributed by atoms with E-state index >= 15 is 0 Å². The molecule has 11 heteroatoms. The van der Waals surface area contributed by atoms with Crippen molar-refractivity contribution in [2.75, 3.05) is 43.3 Å². The van der Waals surface area contributed by atoms with Crippen molar-refractivity contribution >= 4 is 33.5 Å². The van der Waals surface area contributed by atoms with Crippen LogP contribution >= 0.6 is 0 Å². The van der Waals surface area contributed by atoms with Gasteiger partial charge in [0.15, 0.2) is 0 Å². The van der Waals surface area contributed by atoms with Crippen molar-refractivity contribution in [3.63, 3.8) is 0 Å². The van der Waals surface area contributed by atoms with E-state index in [0.29, 0.717) is 29.2 Å². The van der Waals surface area contributed by atoms with Crippen molar-refractivity contribution < 1.29 is 36.4 Å². The van der Waals surface area contributed by atoms with Crippen molar-refractivity contribution in [3.8, 4) is 5.75 Å². The lowest BCUT2D eigenvalue weighted by Gasteiger charge is -2.25. The third kappa shape index (κ3) is 7.87. The fourth-order valence-corrected chi connectivity index (χ4v) is 5.08. The highest BCUT2D eigenvalue weighted by Crippen LogP contribution is 2.32. The molecule has 224 valence electrons. The minimum Gasteiger partial charge on any atom is -0.491 e. The summed E-state index contributed by atoms with van der Waals surface area (Å²) in [6.07, 6.45) is -0.461. The molecular weight excluding hydrogens is 560 g/mol. The molecule has 0 unspecified atom stereocenters. The summed E-state index contributed by atoms with van der Waals surface area (Å²) in [5, 5.41) is 0. The van der Waals surface area contributed by atoms with Crippen molar-refractivity contribution in [3.05, 3.63) is 83.4 Å². The van der Waals surface area contributed by atoms with Crippen LogP contribution in [0, 0.1) is 6.92 Å². The third-order valence-corrected chi connectivity index (χ3v) is 7.70. The molecule has 0 fully saturated rings. The average Bonchev–Trinajstić information content (AvgIpc) is 3.27. The molecule has 3 aromatic rings. The van der Waals surface area contributed by atoms with Crippen LogP contribution < -0.4 is 14.5 Å². The van der Waals surface area contributed by atoms with Crippen LogP contribution in [0.1, 0.15) is 42.3 Å². The van der Waals surface area contributed by atoms with Gasteiger partial charge in [0.1, 0.15) is 18.0 Å². The largest absolute Gasteiger partial charge is 0.491 e. The number of amides is 2. The van der Waals surface area contributed by atoms with Gasteiger partial charge in [-0.3, -0.25) is 13.9 Å². The Morgan fingerprint density at radius 2 is 1.60 bits per heavy atom. The quantitative estimate of drug-likeness (QED) is 0.216. The first-order valence-corrected chi connectivity index (χ1v) is 14.9. The van der Waals surface area contributed by atoms with Crippen LogP contribution in [0.15, 0.2) is 71.6 Å². The van der Waals surface area contributed by atoms with E-state index in [1.165, 1.54) is 17.0 Å². The Bertz CT molecular complexity index is 1510. The van der Waals surface area contributed by atoms with Gasteiger partial charge in [-0.25, -0.2) is 4.79 Å². The lowest BCUT2D eigenvalue weighted by molar-refractivity contribution is 0.0589. The molecular formula is C31H36N2O8S. The maximum atomic E-state index is 13.1. The summed E-state index contributed by atoms with van der Waals surface area (Å²) < 4.78 is 46.1. The lowest BCUT2D eigenvalue weighted by atomic mass is 10.1. The van der Waals surface area contributed by atoms with Crippen LogP contribution in [0.4, 0.5) is 16.2 Å². The zero-order valence-corrected chi connectivity index (χ0v) is 25.3. The lowest BCUT2D eigenvalue weighted by Crippen LogP contribution is -2.34. The first kappa shape index (κ1) is 31.0. The number of carbonyl (C=O) groups is 2. The summed E-state index contributed by atoms with van der Waals surface area (Å²) >= 11 is 0. The normalized spacial score (nSPS) is 13.2. The molecule has 1 aliphatic heterocycles. The van der Waals surface area contributed by atoms with Crippen LogP contribution in [-0.2, 0) is 30.3 Å². The number of hydrogen-bond acceptors (Lipinski definition) is 8. The van der Waals surface area contributed by atoms with Crippen LogP contribution in [0.25, 0.3) is 0 Å². The standard InChI is InChI=1S/C31H36N2O8S/c1-22-6-13-27(14-7-22)42(36,37)40-19-17-38-16-18-39-26-12-15-28-23(20-26)21-33(29(28)34)25-10-8-24(9-11-25)32(5)30(35)41-31(2,3)4/h6-15,20H,16-19,21H2,1-5H3. The van der Waals surface area contributed by atoms with Gasteiger partial charge in [-0.1, -0.05) is 17.7 Å².